The molecule has 1 rings (SSSR count). The molecule has 0 amide bonds. The van der Waals surface area contributed by atoms with Crippen LogP contribution in [0.3, 0.4) is 0 Å². The minimum atomic E-state index is -1.00. The van der Waals surface area contributed by atoms with Gasteiger partial charge in [0.05, 0.1) is 6.26 Å². The third kappa shape index (κ3) is 2.32. The van der Waals surface area contributed by atoms with Crippen LogP contribution in [0.1, 0.15) is 26.0 Å². The molecule has 1 unspecified atom stereocenters. The van der Waals surface area contributed by atoms with E-state index in [2.05, 4.69) is 0 Å². The predicted molar refractivity (Wildman–Crippen MR) is 51.1 cm³/mol. The van der Waals surface area contributed by atoms with Gasteiger partial charge in [0.2, 0.25) is 0 Å². The first-order valence-corrected chi connectivity index (χ1v) is 4.55. The highest BCUT2D eigenvalue weighted by Crippen LogP contribution is 2.27. The van der Waals surface area contributed by atoms with Crippen molar-refractivity contribution >= 4 is 0 Å². The summed E-state index contributed by atoms with van der Waals surface area (Å²) in [6, 6.07) is 3.52. The summed E-state index contributed by atoms with van der Waals surface area (Å²) in [5.41, 5.74) is 4.53. The third-order valence-corrected chi connectivity index (χ3v) is 2.06. The Morgan fingerprint density at radius 1 is 1.62 bits per heavy atom. The molecule has 0 radical (unpaired) electrons. The molecule has 0 saturated heterocycles. The van der Waals surface area contributed by atoms with Gasteiger partial charge in [-0.3, -0.25) is 0 Å². The average molecular weight is 183 g/mol. The van der Waals surface area contributed by atoms with Crippen molar-refractivity contribution in [1.82, 2.24) is 0 Å². The Bertz CT molecular complexity index is 243. The summed E-state index contributed by atoms with van der Waals surface area (Å²) < 4.78 is 5.16. The van der Waals surface area contributed by atoms with Crippen LogP contribution in [-0.2, 0) is 5.60 Å². The largest absolute Gasteiger partial charge is 0.466 e. The molecule has 13 heavy (non-hydrogen) atoms. The Balaban J connectivity index is 2.81. The number of hydrogen-bond donors (Lipinski definition) is 2. The van der Waals surface area contributed by atoms with E-state index >= 15 is 0 Å². The van der Waals surface area contributed by atoms with Crippen LogP contribution >= 0.6 is 0 Å². The van der Waals surface area contributed by atoms with Gasteiger partial charge in [0.15, 0.2) is 0 Å². The van der Waals surface area contributed by atoms with Gasteiger partial charge in [-0.1, -0.05) is 13.8 Å². The fourth-order valence-electron chi connectivity index (χ4n) is 1.50. The van der Waals surface area contributed by atoms with Gasteiger partial charge in [-0.05, 0) is 24.5 Å². The highest BCUT2D eigenvalue weighted by molar-refractivity contribution is 5.09. The van der Waals surface area contributed by atoms with Crippen LogP contribution in [0.5, 0.6) is 0 Å². The molecule has 0 fully saturated rings. The number of furan rings is 1. The zero-order valence-electron chi connectivity index (χ0n) is 8.16. The van der Waals surface area contributed by atoms with E-state index in [1.807, 2.05) is 13.8 Å². The van der Waals surface area contributed by atoms with Crippen LogP contribution < -0.4 is 5.73 Å². The number of rotatable bonds is 4. The van der Waals surface area contributed by atoms with Gasteiger partial charge < -0.3 is 15.3 Å². The molecule has 1 atom stereocenters. The fraction of sp³-hybridized carbons (Fsp3) is 0.600. The SMILES string of the molecule is CC(C)CC(O)(CN)c1ccco1. The predicted octanol–water partition coefficient (Wildman–Crippen LogP) is 1.47. The maximum absolute atomic E-state index is 10.1. The molecule has 74 valence electrons. The molecule has 3 nitrogen and oxygen atoms in total. The van der Waals surface area contributed by atoms with Gasteiger partial charge in [-0.2, -0.15) is 0 Å². The lowest BCUT2D eigenvalue weighted by atomic mass is 9.90. The highest BCUT2D eigenvalue weighted by Gasteiger charge is 2.31. The number of hydrogen-bond acceptors (Lipinski definition) is 3. The van der Waals surface area contributed by atoms with Gasteiger partial charge in [-0.25, -0.2) is 0 Å². The van der Waals surface area contributed by atoms with E-state index in [1.54, 1.807) is 18.4 Å². The second kappa shape index (κ2) is 3.94. The molecule has 0 aromatic carbocycles. The van der Waals surface area contributed by atoms with E-state index in [4.69, 9.17) is 10.2 Å². The Labute approximate surface area is 78.5 Å². The van der Waals surface area contributed by atoms with E-state index in [-0.39, 0.29) is 6.54 Å². The molecule has 0 aliphatic rings. The standard InChI is InChI=1S/C10H17NO2/c1-8(2)6-10(12,7-11)9-4-3-5-13-9/h3-5,8,12H,6-7,11H2,1-2H3. The summed E-state index contributed by atoms with van der Waals surface area (Å²) >= 11 is 0. The number of nitrogens with two attached hydrogens (primary N) is 1. The molecule has 0 bridgehead atoms. The van der Waals surface area contributed by atoms with Crippen LogP contribution in [0.25, 0.3) is 0 Å². The molecule has 1 heterocycles. The zero-order valence-corrected chi connectivity index (χ0v) is 8.16. The van der Waals surface area contributed by atoms with Crippen molar-refractivity contribution in [3.8, 4) is 0 Å². The highest BCUT2D eigenvalue weighted by atomic mass is 16.4. The molecule has 1 aromatic rings. The van der Waals surface area contributed by atoms with E-state index < -0.39 is 5.60 Å². The molecule has 0 spiro atoms. The van der Waals surface area contributed by atoms with Crippen LogP contribution in [0.15, 0.2) is 22.8 Å². The van der Waals surface area contributed by atoms with E-state index in [0.717, 1.165) is 0 Å². The Morgan fingerprint density at radius 2 is 2.31 bits per heavy atom. The van der Waals surface area contributed by atoms with Gasteiger partial charge in [0.1, 0.15) is 11.4 Å². The minimum absolute atomic E-state index is 0.193. The van der Waals surface area contributed by atoms with Gasteiger partial charge in [0.25, 0.3) is 0 Å². The molecule has 0 aliphatic carbocycles. The topological polar surface area (TPSA) is 59.4 Å². The lowest BCUT2D eigenvalue weighted by Gasteiger charge is -2.25. The molecular weight excluding hydrogens is 166 g/mol. The third-order valence-electron chi connectivity index (χ3n) is 2.06. The lowest BCUT2D eigenvalue weighted by molar-refractivity contribution is 0.00368. The van der Waals surface area contributed by atoms with Crippen molar-refractivity contribution in [2.24, 2.45) is 11.7 Å². The first-order chi connectivity index (χ1) is 6.08. The maximum Gasteiger partial charge on any atom is 0.136 e. The first-order valence-electron chi connectivity index (χ1n) is 4.55. The molecule has 3 heteroatoms. The van der Waals surface area contributed by atoms with Gasteiger partial charge in [-0.15, -0.1) is 0 Å². The Kier molecular flexibility index (Phi) is 3.12. The van der Waals surface area contributed by atoms with Crippen LogP contribution in [-0.4, -0.2) is 11.7 Å². The van der Waals surface area contributed by atoms with Crippen molar-refractivity contribution < 1.29 is 9.52 Å². The van der Waals surface area contributed by atoms with E-state index in [0.29, 0.717) is 18.1 Å². The summed E-state index contributed by atoms with van der Waals surface area (Å²) in [7, 11) is 0. The summed E-state index contributed by atoms with van der Waals surface area (Å²) in [4.78, 5) is 0. The molecule has 0 saturated carbocycles. The Hall–Kier alpha value is -0.800. The second-order valence-corrected chi connectivity index (χ2v) is 3.81. The maximum atomic E-state index is 10.1. The van der Waals surface area contributed by atoms with Crippen molar-refractivity contribution in [2.45, 2.75) is 25.9 Å². The number of aliphatic hydroxyl groups is 1. The van der Waals surface area contributed by atoms with Crippen molar-refractivity contribution in [3.63, 3.8) is 0 Å². The van der Waals surface area contributed by atoms with Gasteiger partial charge >= 0.3 is 0 Å². The van der Waals surface area contributed by atoms with E-state index in [9.17, 15) is 5.11 Å². The molecule has 3 N–H and O–H groups in total. The average Bonchev–Trinajstić information content (AvgIpc) is 2.55. The van der Waals surface area contributed by atoms with Crippen molar-refractivity contribution in [2.75, 3.05) is 6.54 Å². The summed E-state index contributed by atoms with van der Waals surface area (Å²) in [5, 5.41) is 10.1. The van der Waals surface area contributed by atoms with Crippen molar-refractivity contribution in [1.29, 1.82) is 0 Å². The quantitative estimate of drug-likeness (QED) is 0.743. The van der Waals surface area contributed by atoms with Crippen LogP contribution in [0.2, 0.25) is 0 Å². The summed E-state index contributed by atoms with van der Waals surface area (Å²) in [5.74, 6) is 0.947. The second-order valence-electron chi connectivity index (χ2n) is 3.81. The van der Waals surface area contributed by atoms with Gasteiger partial charge in [0, 0.05) is 6.54 Å². The minimum Gasteiger partial charge on any atom is -0.466 e. The monoisotopic (exact) mass is 183 g/mol. The fourth-order valence-corrected chi connectivity index (χ4v) is 1.50. The zero-order chi connectivity index (χ0) is 9.90. The van der Waals surface area contributed by atoms with Crippen LogP contribution in [0.4, 0.5) is 0 Å². The van der Waals surface area contributed by atoms with Crippen molar-refractivity contribution in [3.05, 3.63) is 24.2 Å². The van der Waals surface area contributed by atoms with Crippen LogP contribution in [0, 0.1) is 5.92 Å². The first kappa shape index (κ1) is 10.3. The molecule has 1 aromatic heterocycles. The van der Waals surface area contributed by atoms with E-state index in [1.165, 1.54) is 0 Å². The molecule has 0 aliphatic heterocycles. The molecular formula is C10H17NO2. The Morgan fingerprint density at radius 3 is 2.69 bits per heavy atom. The summed E-state index contributed by atoms with van der Waals surface area (Å²) in [6.45, 7) is 4.28. The normalized spacial score (nSPS) is 16.1. The lowest BCUT2D eigenvalue weighted by Crippen LogP contribution is -2.35. The summed E-state index contributed by atoms with van der Waals surface area (Å²) in [6.07, 6.45) is 2.17. The smallest absolute Gasteiger partial charge is 0.136 e.